The summed E-state index contributed by atoms with van der Waals surface area (Å²) in [7, 11) is 0. The van der Waals surface area contributed by atoms with Gasteiger partial charge in [-0.3, -0.25) is 5.10 Å². The molecule has 2 rings (SSSR count). The van der Waals surface area contributed by atoms with Gasteiger partial charge in [-0.15, -0.1) is 0 Å². The maximum absolute atomic E-state index is 5.64. The summed E-state index contributed by atoms with van der Waals surface area (Å²) < 4.78 is 8.26. The van der Waals surface area contributed by atoms with E-state index < -0.39 is 0 Å². The third kappa shape index (κ3) is 2.94. The summed E-state index contributed by atoms with van der Waals surface area (Å²) >= 11 is 5.16. The van der Waals surface area contributed by atoms with Crippen molar-refractivity contribution in [3.63, 3.8) is 0 Å². The molecule has 17 heavy (non-hydrogen) atoms. The molecular weight excluding hydrogens is 234 g/mol. The SMILES string of the molecule is CCCn1c(COc2ccccc2)n[nH]c1=S. The summed E-state index contributed by atoms with van der Waals surface area (Å²) in [6.45, 7) is 3.40. The van der Waals surface area contributed by atoms with Crippen molar-refractivity contribution in [3.05, 3.63) is 40.9 Å². The number of aromatic amines is 1. The maximum atomic E-state index is 5.64. The van der Waals surface area contributed by atoms with Gasteiger partial charge in [0.15, 0.2) is 10.6 Å². The number of hydrogen-bond acceptors (Lipinski definition) is 3. The van der Waals surface area contributed by atoms with Crippen molar-refractivity contribution in [2.75, 3.05) is 0 Å². The van der Waals surface area contributed by atoms with Crippen LogP contribution in [0.3, 0.4) is 0 Å². The first-order valence-electron chi connectivity index (χ1n) is 5.63. The number of H-pyrrole nitrogens is 1. The lowest BCUT2D eigenvalue weighted by Crippen LogP contribution is -2.07. The lowest BCUT2D eigenvalue weighted by molar-refractivity contribution is 0.288. The van der Waals surface area contributed by atoms with Crippen molar-refractivity contribution in [1.29, 1.82) is 0 Å². The Kier molecular flexibility index (Phi) is 3.93. The largest absolute Gasteiger partial charge is 0.486 e. The summed E-state index contributed by atoms with van der Waals surface area (Å²) in [5.41, 5.74) is 0. The highest BCUT2D eigenvalue weighted by Gasteiger charge is 2.05. The summed E-state index contributed by atoms with van der Waals surface area (Å²) in [6, 6.07) is 9.69. The maximum Gasteiger partial charge on any atom is 0.195 e. The minimum Gasteiger partial charge on any atom is -0.486 e. The van der Waals surface area contributed by atoms with Crippen LogP contribution in [-0.4, -0.2) is 14.8 Å². The Labute approximate surface area is 105 Å². The van der Waals surface area contributed by atoms with Crippen LogP contribution in [0, 0.1) is 4.77 Å². The highest BCUT2D eigenvalue weighted by Crippen LogP contribution is 2.11. The number of para-hydroxylation sites is 1. The second kappa shape index (κ2) is 5.63. The quantitative estimate of drug-likeness (QED) is 0.828. The normalized spacial score (nSPS) is 10.4. The van der Waals surface area contributed by atoms with Gasteiger partial charge in [0.1, 0.15) is 12.4 Å². The smallest absolute Gasteiger partial charge is 0.195 e. The average Bonchev–Trinajstić information content (AvgIpc) is 2.70. The zero-order chi connectivity index (χ0) is 12.1. The van der Waals surface area contributed by atoms with Gasteiger partial charge in [-0.1, -0.05) is 25.1 Å². The number of nitrogens with one attached hydrogen (secondary N) is 1. The van der Waals surface area contributed by atoms with Gasteiger partial charge in [-0.05, 0) is 30.8 Å². The van der Waals surface area contributed by atoms with E-state index in [2.05, 4.69) is 17.1 Å². The number of ether oxygens (including phenoxy) is 1. The molecule has 0 unspecified atom stereocenters. The summed E-state index contributed by atoms with van der Waals surface area (Å²) in [5.74, 6) is 1.67. The lowest BCUT2D eigenvalue weighted by atomic mass is 10.3. The van der Waals surface area contributed by atoms with Gasteiger partial charge < -0.3 is 9.30 Å². The standard InChI is InChI=1S/C12H15N3OS/c1-2-8-15-11(13-14-12(15)17)9-16-10-6-4-3-5-7-10/h3-7H,2,8-9H2,1H3,(H,14,17). The van der Waals surface area contributed by atoms with E-state index in [1.54, 1.807) is 0 Å². The van der Waals surface area contributed by atoms with Crippen molar-refractivity contribution in [1.82, 2.24) is 14.8 Å². The summed E-state index contributed by atoms with van der Waals surface area (Å²) in [5, 5.41) is 6.96. The molecule has 1 aromatic heterocycles. The topological polar surface area (TPSA) is 42.8 Å². The first-order valence-corrected chi connectivity index (χ1v) is 6.04. The first-order chi connectivity index (χ1) is 8.31. The van der Waals surface area contributed by atoms with Gasteiger partial charge in [0, 0.05) is 6.54 Å². The van der Waals surface area contributed by atoms with E-state index in [4.69, 9.17) is 17.0 Å². The third-order valence-electron chi connectivity index (χ3n) is 2.40. The van der Waals surface area contributed by atoms with Crippen LogP contribution in [0.2, 0.25) is 0 Å². The van der Waals surface area contributed by atoms with Crippen molar-refractivity contribution in [2.24, 2.45) is 0 Å². The monoisotopic (exact) mass is 249 g/mol. The highest BCUT2D eigenvalue weighted by molar-refractivity contribution is 7.71. The van der Waals surface area contributed by atoms with Crippen molar-refractivity contribution in [2.45, 2.75) is 26.5 Å². The fourth-order valence-corrected chi connectivity index (χ4v) is 1.82. The minimum atomic E-state index is 0.428. The van der Waals surface area contributed by atoms with Crippen molar-refractivity contribution < 1.29 is 4.74 Å². The van der Waals surface area contributed by atoms with Crippen LogP contribution in [0.15, 0.2) is 30.3 Å². The van der Waals surface area contributed by atoms with E-state index in [1.807, 2.05) is 34.9 Å². The molecule has 0 aliphatic rings. The molecule has 2 aromatic rings. The Hall–Kier alpha value is -1.62. The minimum absolute atomic E-state index is 0.428. The van der Waals surface area contributed by atoms with E-state index in [9.17, 15) is 0 Å². The number of hydrogen-bond donors (Lipinski definition) is 1. The van der Waals surface area contributed by atoms with Crippen molar-refractivity contribution >= 4 is 12.2 Å². The molecule has 1 heterocycles. The Morgan fingerprint density at radius 2 is 2.12 bits per heavy atom. The molecule has 90 valence electrons. The molecular formula is C12H15N3OS. The van der Waals surface area contributed by atoms with Crippen LogP contribution in [0.4, 0.5) is 0 Å². The summed E-state index contributed by atoms with van der Waals surface area (Å²) in [6.07, 6.45) is 1.02. The van der Waals surface area contributed by atoms with Crippen LogP contribution >= 0.6 is 12.2 Å². The van der Waals surface area contributed by atoms with E-state index in [0.29, 0.717) is 11.4 Å². The molecule has 0 bridgehead atoms. The molecule has 0 aliphatic carbocycles. The van der Waals surface area contributed by atoms with Crippen LogP contribution < -0.4 is 4.74 Å². The molecule has 4 nitrogen and oxygen atoms in total. The number of benzene rings is 1. The van der Waals surface area contributed by atoms with E-state index >= 15 is 0 Å². The zero-order valence-corrected chi connectivity index (χ0v) is 10.5. The highest BCUT2D eigenvalue weighted by atomic mass is 32.1. The predicted molar refractivity (Wildman–Crippen MR) is 68.5 cm³/mol. The zero-order valence-electron chi connectivity index (χ0n) is 9.72. The number of rotatable bonds is 5. The third-order valence-corrected chi connectivity index (χ3v) is 2.71. The molecule has 0 aliphatic heterocycles. The molecule has 0 saturated carbocycles. The van der Waals surface area contributed by atoms with Crippen LogP contribution in [0.1, 0.15) is 19.2 Å². The average molecular weight is 249 g/mol. The molecule has 0 saturated heterocycles. The number of aromatic nitrogens is 3. The molecule has 1 aromatic carbocycles. The Balaban J connectivity index is 2.07. The first kappa shape index (κ1) is 11.9. The molecule has 0 amide bonds. The number of nitrogens with zero attached hydrogens (tertiary/aromatic N) is 2. The van der Waals surface area contributed by atoms with E-state index in [1.165, 1.54) is 0 Å². The molecule has 0 fully saturated rings. The van der Waals surface area contributed by atoms with E-state index in [0.717, 1.165) is 24.5 Å². The predicted octanol–water partition coefficient (Wildman–Crippen LogP) is 2.93. The Morgan fingerprint density at radius 1 is 1.35 bits per heavy atom. The Morgan fingerprint density at radius 3 is 2.82 bits per heavy atom. The van der Waals surface area contributed by atoms with Gasteiger partial charge in [0.05, 0.1) is 0 Å². The molecule has 0 radical (unpaired) electrons. The fourth-order valence-electron chi connectivity index (χ4n) is 1.58. The lowest BCUT2D eigenvalue weighted by Gasteiger charge is -2.07. The molecule has 0 spiro atoms. The van der Waals surface area contributed by atoms with Crippen molar-refractivity contribution in [3.8, 4) is 5.75 Å². The second-order valence-corrected chi connectivity index (χ2v) is 4.09. The fraction of sp³-hybridized carbons (Fsp3) is 0.333. The summed E-state index contributed by atoms with van der Waals surface area (Å²) in [4.78, 5) is 0. The van der Waals surface area contributed by atoms with Gasteiger partial charge >= 0.3 is 0 Å². The van der Waals surface area contributed by atoms with E-state index in [-0.39, 0.29) is 0 Å². The van der Waals surface area contributed by atoms with Gasteiger partial charge in [0.2, 0.25) is 0 Å². The molecule has 5 heteroatoms. The van der Waals surface area contributed by atoms with Crippen LogP contribution in [0.5, 0.6) is 5.75 Å². The molecule has 0 atom stereocenters. The Bertz CT molecular complexity index is 518. The van der Waals surface area contributed by atoms with Crippen LogP contribution in [0.25, 0.3) is 0 Å². The van der Waals surface area contributed by atoms with Crippen LogP contribution in [-0.2, 0) is 13.2 Å². The van der Waals surface area contributed by atoms with Gasteiger partial charge in [-0.25, -0.2) is 0 Å². The van der Waals surface area contributed by atoms with Gasteiger partial charge in [-0.2, -0.15) is 5.10 Å². The van der Waals surface area contributed by atoms with Gasteiger partial charge in [0.25, 0.3) is 0 Å². The second-order valence-electron chi connectivity index (χ2n) is 3.70. The molecule has 1 N–H and O–H groups in total.